The Kier molecular flexibility index (Phi) is 4.13. The molecule has 0 unspecified atom stereocenters. The fraction of sp³-hybridized carbons (Fsp3) is 0. The van der Waals surface area contributed by atoms with Gasteiger partial charge >= 0.3 is 6.03 Å². The molecule has 0 fully saturated rings. The van der Waals surface area contributed by atoms with E-state index >= 15 is 0 Å². The maximum atomic E-state index is 11.3. The molecule has 2 amide bonds. The van der Waals surface area contributed by atoms with E-state index < -0.39 is 6.03 Å². The van der Waals surface area contributed by atoms with Crippen LogP contribution in [-0.4, -0.2) is 17.0 Å². The maximum Gasteiger partial charge on any atom is 0.348 e. The van der Waals surface area contributed by atoms with Crippen LogP contribution in [0.25, 0.3) is 0 Å². The minimum Gasteiger partial charge on any atom is -0.370 e. The highest BCUT2D eigenvalue weighted by Gasteiger charge is 2.01. The summed E-state index contributed by atoms with van der Waals surface area (Å²) in [5, 5.41) is 5.61. The summed E-state index contributed by atoms with van der Waals surface area (Å²) in [7, 11) is 0. The number of amides is 2. The number of aromatic nitrogens is 1. The molecule has 0 saturated carbocycles. The number of aliphatic imine (C=N–C) groups is 1. The zero-order valence-electron chi connectivity index (χ0n) is 10.6. The Morgan fingerprint density at radius 3 is 2.40 bits per heavy atom. The second-order valence-electron chi connectivity index (χ2n) is 3.89. The first kappa shape index (κ1) is 13.3. The number of guanidine groups is 1. The standard InChI is InChI=1S/C13H14N6O/c14-12(15)19-13(20)18-10-6-7-11(16-8-10)17-9-4-2-1-3-5-9/h1-8H,(H,16,17)(H5,14,15,18,19,20). The minimum atomic E-state index is -0.643. The van der Waals surface area contributed by atoms with Gasteiger partial charge in [0.25, 0.3) is 0 Å². The van der Waals surface area contributed by atoms with E-state index in [0.717, 1.165) is 5.69 Å². The van der Waals surface area contributed by atoms with Crippen molar-refractivity contribution in [3.05, 3.63) is 48.7 Å². The third-order valence-electron chi connectivity index (χ3n) is 2.29. The van der Waals surface area contributed by atoms with Gasteiger partial charge in [-0.2, -0.15) is 4.99 Å². The molecule has 1 aromatic heterocycles. The van der Waals surface area contributed by atoms with E-state index in [-0.39, 0.29) is 5.96 Å². The number of urea groups is 1. The molecule has 1 heterocycles. The molecule has 7 heteroatoms. The van der Waals surface area contributed by atoms with Crippen molar-refractivity contribution < 1.29 is 4.79 Å². The van der Waals surface area contributed by atoms with Crippen molar-refractivity contribution in [1.29, 1.82) is 0 Å². The van der Waals surface area contributed by atoms with Crippen molar-refractivity contribution >= 4 is 29.2 Å². The summed E-state index contributed by atoms with van der Waals surface area (Å²) < 4.78 is 0. The van der Waals surface area contributed by atoms with Gasteiger partial charge < -0.3 is 22.1 Å². The van der Waals surface area contributed by atoms with E-state index in [0.29, 0.717) is 11.5 Å². The molecule has 0 spiro atoms. The summed E-state index contributed by atoms with van der Waals surface area (Å²) in [6.07, 6.45) is 1.51. The zero-order chi connectivity index (χ0) is 14.4. The minimum absolute atomic E-state index is 0.294. The summed E-state index contributed by atoms with van der Waals surface area (Å²) >= 11 is 0. The Morgan fingerprint density at radius 2 is 1.80 bits per heavy atom. The third-order valence-corrected chi connectivity index (χ3v) is 2.29. The van der Waals surface area contributed by atoms with Gasteiger partial charge in [0, 0.05) is 5.69 Å². The van der Waals surface area contributed by atoms with Gasteiger partial charge in [-0.3, -0.25) is 0 Å². The fourth-order valence-corrected chi connectivity index (χ4v) is 1.48. The van der Waals surface area contributed by atoms with Crippen molar-refractivity contribution in [3.63, 3.8) is 0 Å². The highest BCUT2D eigenvalue weighted by atomic mass is 16.2. The Morgan fingerprint density at radius 1 is 1.05 bits per heavy atom. The fourth-order valence-electron chi connectivity index (χ4n) is 1.48. The summed E-state index contributed by atoms with van der Waals surface area (Å²) in [5.41, 5.74) is 11.6. The smallest absolute Gasteiger partial charge is 0.348 e. The second-order valence-corrected chi connectivity index (χ2v) is 3.89. The monoisotopic (exact) mass is 270 g/mol. The van der Waals surface area contributed by atoms with Crippen molar-refractivity contribution in [2.24, 2.45) is 16.5 Å². The van der Waals surface area contributed by atoms with Crippen LogP contribution in [0.4, 0.5) is 22.0 Å². The van der Waals surface area contributed by atoms with Crippen LogP contribution in [0.2, 0.25) is 0 Å². The molecule has 0 aliphatic rings. The first-order valence-corrected chi connectivity index (χ1v) is 5.82. The summed E-state index contributed by atoms with van der Waals surface area (Å²) in [5.74, 6) is 0.369. The molecule has 6 N–H and O–H groups in total. The number of hydrogen-bond donors (Lipinski definition) is 4. The summed E-state index contributed by atoms with van der Waals surface area (Å²) in [6, 6.07) is 12.4. The molecule has 0 aliphatic carbocycles. The Hall–Kier alpha value is -3.09. The number of benzene rings is 1. The van der Waals surface area contributed by atoms with Crippen LogP contribution >= 0.6 is 0 Å². The number of carbonyl (C=O) groups excluding carboxylic acids is 1. The normalized spacial score (nSPS) is 9.60. The van der Waals surface area contributed by atoms with Crippen LogP contribution < -0.4 is 22.1 Å². The van der Waals surface area contributed by atoms with Crippen LogP contribution in [0.15, 0.2) is 53.7 Å². The largest absolute Gasteiger partial charge is 0.370 e. The number of hydrogen-bond acceptors (Lipinski definition) is 3. The lowest BCUT2D eigenvalue weighted by atomic mass is 10.3. The van der Waals surface area contributed by atoms with Gasteiger partial charge in [0.1, 0.15) is 5.82 Å². The molecular weight excluding hydrogens is 256 g/mol. The molecule has 0 aliphatic heterocycles. The first-order chi connectivity index (χ1) is 9.63. The number of anilines is 3. The molecule has 7 nitrogen and oxygen atoms in total. The Bertz CT molecular complexity index is 605. The molecule has 0 bridgehead atoms. The van der Waals surface area contributed by atoms with Crippen LogP contribution in [0.1, 0.15) is 0 Å². The van der Waals surface area contributed by atoms with Gasteiger partial charge in [-0.05, 0) is 24.3 Å². The van der Waals surface area contributed by atoms with Crippen molar-refractivity contribution in [2.45, 2.75) is 0 Å². The molecular formula is C13H14N6O. The number of nitrogens with one attached hydrogen (secondary N) is 2. The molecule has 0 radical (unpaired) electrons. The molecule has 2 aromatic rings. The topological polar surface area (TPSA) is 118 Å². The number of nitrogens with two attached hydrogens (primary N) is 2. The molecule has 0 saturated heterocycles. The van der Waals surface area contributed by atoms with Crippen LogP contribution in [0.3, 0.4) is 0 Å². The Labute approximate surface area is 115 Å². The second kappa shape index (κ2) is 6.19. The molecule has 0 atom stereocenters. The van der Waals surface area contributed by atoms with Gasteiger partial charge in [0.15, 0.2) is 5.96 Å². The lowest BCUT2D eigenvalue weighted by Crippen LogP contribution is -2.25. The van der Waals surface area contributed by atoms with Gasteiger partial charge in [-0.15, -0.1) is 0 Å². The number of para-hydroxylation sites is 1. The van der Waals surface area contributed by atoms with Crippen LogP contribution in [0.5, 0.6) is 0 Å². The lowest BCUT2D eigenvalue weighted by Gasteiger charge is -2.06. The maximum absolute atomic E-state index is 11.3. The highest BCUT2D eigenvalue weighted by molar-refractivity contribution is 5.98. The molecule has 20 heavy (non-hydrogen) atoms. The molecule has 102 valence electrons. The van der Waals surface area contributed by atoms with Gasteiger partial charge in [-0.25, -0.2) is 9.78 Å². The van der Waals surface area contributed by atoms with Crippen LogP contribution in [0, 0.1) is 0 Å². The number of rotatable bonds is 3. The first-order valence-electron chi connectivity index (χ1n) is 5.82. The van der Waals surface area contributed by atoms with E-state index in [1.165, 1.54) is 6.20 Å². The predicted molar refractivity (Wildman–Crippen MR) is 78.8 cm³/mol. The zero-order valence-corrected chi connectivity index (χ0v) is 10.6. The number of carbonyl (C=O) groups is 1. The lowest BCUT2D eigenvalue weighted by molar-refractivity contribution is 0.259. The van der Waals surface area contributed by atoms with Crippen LogP contribution in [-0.2, 0) is 0 Å². The predicted octanol–water partition coefficient (Wildman–Crippen LogP) is 1.63. The van der Waals surface area contributed by atoms with Crippen molar-refractivity contribution in [3.8, 4) is 0 Å². The Balaban J connectivity index is 2.00. The number of pyridine rings is 1. The van der Waals surface area contributed by atoms with E-state index in [9.17, 15) is 4.79 Å². The number of nitrogens with zero attached hydrogens (tertiary/aromatic N) is 2. The SMILES string of the molecule is NC(N)=NC(=O)Nc1ccc(Nc2ccccc2)nc1. The van der Waals surface area contributed by atoms with Crippen molar-refractivity contribution in [1.82, 2.24) is 4.98 Å². The van der Waals surface area contributed by atoms with E-state index in [1.54, 1.807) is 12.1 Å². The quantitative estimate of drug-likeness (QED) is 0.499. The van der Waals surface area contributed by atoms with Gasteiger partial charge in [0.05, 0.1) is 11.9 Å². The molecule has 1 aromatic carbocycles. The highest BCUT2D eigenvalue weighted by Crippen LogP contribution is 2.15. The van der Waals surface area contributed by atoms with E-state index in [4.69, 9.17) is 11.5 Å². The van der Waals surface area contributed by atoms with Gasteiger partial charge in [-0.1, -0.05) is 18.2 Å². The van der Waals surface area contributed by atoms with Gasteiger partial charge in [0.2, 0.25) is 0 Å². The third kappa shape index (κ3) is 3.98. The van der Waals surface area contributed by atoms with E-state index in [2.05, 4.69) is 20.6 Å². The van der Waals surface area contributed by atoms with E-state index in [1.807, 2.05) is 30.3 Å². The average molecular weight is 270 g/mol. The summed E-state index contributed by atoms with van der Waals surface area (Å²) in [4.78, 5) is 18.8. The summed E-state index contributed by atoms with van der Waals surface area (Å²) in [6.45, 7) is 0. The average Bonchev–Trinajstić information content (AvgIpc) is 2.41. The molecule has 2 rings (SSSR count). The van der Waals surface area contributed by atoms with Crippen molar-refractivity contribution in [2.75, 3.05) is 10.6 Å².